The Morgan fingerprint density at radius 3 is 2.59 bits per heavy atom. The van der Waals surface area contributed by atoms with Gasteiger partial charge < -0.3 is 5.32 Å². The lowest BCUT2D eigenvalue weighted by Crippen LogP contribution is -2.25. The van der Waals surface area contributed by atoms with Gasteiger partial charge in [-0.3, -0.25) is 9.78 Å². The van der Waals surface area contributed by atoms with E-state index in [4.69, 9.17) is 11.6 Å². The second kappa shape index (κ2) is 7.36. The molecule has 27 heavy (non-hydrogen) atoms. The van der Waals surface area contributed by atoms with Crippen LogP contribution in [-0.2, 0) is 11.8 Å². The van der Waals surface area contributed by atoms with Crippen molar-refractivity contribution in [2.75, 3.05) is 0 Å². The highest BCUT2D eigenvalue weighted by Crippen LogP contribution is 2.35. The van der Waals surface area contributed by atoms with Crippen molar-refractivity contribution in [2.45, 2.75) is 19.9 Å². The number of rotatable bonds is 4. The van der Waals surface area contributed by atoms with Gasteiger partial charge in [0.2, 0.25) is 11.7 Å². The largest absolute Gasteiger partial charge is 0.348 e. The van der Waals surface area contributed by atoms with Gasteiger partial charge in [-0.05, 0) is 35.9 Å². The molecule has 7 nitrogen and oxygen atoms in total. The maximum Gasteiger partial charge on any atom is 0.217 e. The second-order valence-electron chi connectivity index (χ2n) is 5.93. The van der Waals surface area contributed by atoms with Crippen molar-refractivity contribution in [2.24, 2.45) is 7.05 Å². The van der Waals surface area contributed by atoms with E-state index >= 15 is 0 Å². The summed E-state index contributed by atoms with van der Waals surface area (Å²) in [5.41, 5.74) is 0.667. The summed E-state index contributed by atoms with van der Waals surface area (Å²) >= 11 is 5.98. The predicted molar refractivity (Wildman–Crippen MR) is 94.6 cm³/mol. The first-order valence-electron chi connectivity index (χ1n) is 7.92. The quantitative estimate of drug-likeness (QED) is 0.737. The lowest BCUT2D eigenvalue weighted by Gasteiger charge is -2.14. The Balaban J connectivity index is 2.11. The van der Waals surface area contributed by atoms with Gasteiger partial charge in [0.15, 0.2) is 0 Å². The van der Waals surface area contributed by atoms with Crippen molar-refractivity contribution < 1.29 is 13.6 Å². The van der Waals surface area contributed by atoms with E-state index in [9.17, 15) is 13.6 Å². The summed E-state index contributed by atoms with van der Waals surface area (Å²) in [6.45, 7) is 2.94. The highest BCUT2D eigenvalue weighted by atomic mass is 35.5. The van der Waals surface area contributed by atoms with Crippen molar-refractivity contribution >= 4 is 17.5 Å². The van der Waals surface area contributed by atoms with Crippen molar-refractivity contribution in [3.63, 3.8) is 0 Å². The smallest absolute Gasteiger partial charge is 0.217 e. The molecule has 3 aromatic rings. The number of amides is 1. The average Bonchev–Trinajstić information content (AvgIpc) is 2.99. The number of benzene rings is 1. The molecule has 2 aromatic heterocycles. The summed E-state index contributed by atoms with van der Waals surface area (Å²) in [5, 5.41) is 14.2. The molecule has 1 N–H and O–H groups in total. The van der Waals surface area contributed by atoms with Crippen LogP contribution in [0.1, 0.15) is 25.6 Å². The van der Waals surface area contributed by atoms with Gasteiger partial charge in [0.25, 0.3) is 0 Å². The Kier molecular flexibility index (Phi) is 5.13. The van der Waals surface area contributed by atoms with Crippen molar-refractivity contribution in [3.05, 3.63) is 46.7 Å². The van der Waals surface area contributed by atoms with E-state index < -0.39 is 17.7 Å². The molecule has 1 atom stereocenters. The highest BCUT2D eigenvalue weighted by molar-refractivity contribution is 6.31. The second-order valence-corrected chi connectivity index (χ2v) is 6.36. The lowest BCUT2D eigenvalue weighted by molar-refractivity contribution is -0.119. The third-order valence-corrected chi connectivity index (χ3v) is 4.02. The molecule has 140 valence electrons. The van der Waals surface area contributed by atoms with Crippen LogP contribution >= 0.6 is 11.6 Å². The van der Waals surface area contributed by atoms with E-state index in [2.05, 4.69) is 25.7 Å². The SMILES string of the molecule is CC(=O)N[C@H](C)c1ncc(-c2cc(Cl)cc(F)c2-c2nnn(C)n2)cc1F. The van der Waals surface area contributed by atoms with E-state index in [0.717, 1.165) is 6.07 Å². The van der Waals surface area contributed by atoms with Gasteiger partial charge in [-0.2, -0.15) is 4.80 Å². The van der Waals surface area contributed by atoms with Crippen LogP contribution in [0.2, 0.25) is 5.02 Å². The first kappa shape index (κ1) is 18.8. The van der Waals surface area contributed by atoms with Crippen LogP contribution in [0, 0.1) is 11.6 Å². The Bertz CT molecular complexity index is 1020. The Morgan fingerprint density at radius 1 is 1.26 bits per heavy atom. The van der Waals surface area contributed by atoms with Crippen molar-refractivity contribution in [1.29, 1.82) is 0 Å². The van der Waals surface area contributed by atoms with Crippen LogP contribution in [0.25, 0.3) is 22.5 Å². The van der Waals surface area contributed by atoms with E-state index in [1.165, 1.54) is 30.0 Å². The molecule has 0 bridgehead atoms. The number of aromatic nitrogens is 5. The van der Waals surface area contributed by atoms with Crippen LogP contribution in [0.5, 0.6) is 0 Å². The number of hydrogen-bond donors (Lipinski definition) is 1. The Labute approximate surface area is 158 Å². The topological polar surface area (TPSA) is 85.6 Å². The zero-order valence-electron chi connectivity index (χ0n) is 14.7. The van der Waals surface area contributed by atoms with Gasteiger partial charge in [-0.25, -0.2) is 8.78 Å². The minimum Gasteiger partial charge on any atom is -0.348 e. The molecule has 0 saturated carbocycles. The molecular formula is C17H15ClF2N6O. The maximum absolute atomic E-state index is 14.6. The minimum atomic E-state index is -0.665. The highest BCUT2D eigenvalue weighted by Gasteiger charge is 2.21. The fraction of sp³-hybridized carbons (Fsp3) is 0.235. The van der Waals surface area contributed by atoms with Crippen LogP contribution in [-0.4, -0.2) is 31.1 Å². The van der Waals surface area contributed by atoms with Crippen molar-refractivity contribution in [3.8, 4) is 22.5 Å². The summed E-state index contributed by atoms with van der Waals surface area (Å²) < 4.78 is 29.2. The Morgan fingerprint density at radius 2 is 2.00 bits per heavy atom. The maximum atomic E-state index is 14.6. The first-order valence-corrected chi connectivity index (χ1v) is 8.30. The van der Waals surface area contributed by atoms with Gasteiger partial charge in [0.05, 0.1) is 24.3 Å². The third kappa shape index (κ3) is 3.92. The number of pyridine rings is 1. The fourth-order valence-electron chi connectivity index (χ4n) is 2.70. The molecule has 0 aliphatic rings. The number of nitrogens with zero attached hydrogens (tertiary/aromatic N) is 5. The molecule has 0 aliphatic carbocycles. The molecule has 2 heterocycles. The summed E-state index contributed by atoms with van der Waals surface area (Å²) in [4.78, 5) is 16.4. The lowest BCUT2D eigenvalue weighted by atomic mass is 9.99. The number of carbonyl (C=O) groups is 1. The summed E-state index contributed by atoms with van der Waals surface area (Å²) in [6.07, 6.45) is 1.38. The Hall–Kier alpha value is -2.94. The fourth-order valence-corrected chi connectivity index (χ4v) is 2.91. The monoisotopic (exact) mass is 392 g/mol. The van der Waals surface area contributed by atoms with E-state index in [1.807, 2.05) is 0 Å². The summed E-state index contributed by atoms with van der Waals surface area (Å²) in [5.74, 6) is -1.58. The molecule has 1 aromatic carbocycles. The van der Waals surface area contributed by atoms with Crippen molar-refractivity contribution in [1.82, 2.24) is 30.5 Å². The molecular weight excluding hydrogens is 378 g/mol. The number of tetrazole rings is 1. The van der Waals surface area contributed by atoms with Crippen LogP contribution in [0.15, 0.2) is 24.4 Å². The molecule has 0 aliphatic heterocycles. The van der Waals surface area contributed by atoms with Crippen LogP contribution in [0.3, 0.4) is 0 Å². The van der Waals surface area contributed by atoms with Crippen LogP contribution < -0.4 is 5.32 Å². The molecule has 0 radical (unpaired) electrons. The van der Waals surface area contributed by atoms with E-state index in [-0.39, 0.29) is 39.1 Å². The number of aryl methyl sites for hydroxylation is 1. The van der Waals surface area contributed by atoms with Gasteiger partial charge >= 0.3 is 0 Å². The summed E-state index contributed by atoms with van der Waals surface area (Å²) in [7, 11) is 1.55. The predicted octanol–water partition coefficient (Wildman–Crippen LogP) is 3.07. The van der Waals surface area contributed by atoms with Gasteiger partial charge in [-0.15, -0.1) is 10.2 Å². The van der Waals surface area contributed by atoms with Gasteiger partial charge in [-0.1, -0.05) is 11.6 Å². The molecule has 0 saturated heterocycles. The van der Waals surface area contributed by atoms with Gasteiger partial charge in [0, 0.05) is 23.7 Å². The molecule has 1 amide bonds. The van der Waals surface area contributed by atoms with Gasteiger partial charge in [0.1, 0.15) is 11.6 Å². The zero-order chi connectivity index (χ0) is 19.7. The number of carbonyl (C=O) groups excluding carboxylic acids is 1. The molecule has 0 spiro atoms. The number of nitrogens with one attached hydrogen (secondary N) is 1. The third-order valence-electron chi connectivity index (χ3n) is 3.80. The van der Waals surface area contributed by atoms with E-state index in [1.54, 1.807) is 14.0 Å². The molecule has 0 unspecified atom stereocenters. The summed E-state index contributed by atoms with van der Waals surface area (Å²) in [6, 6.07) is 3.18. The van der Waals surface area contributed by atoms with Crippen LogP contribution in [0.4, 0.5) is 8.78 Å². The number of hydrogen-bond acceptors (Lipinski definition) is 5. The molecule has 0 fully saturated rings. The average molecular weight is 393 g/mol. The molecule has 10 heteroatoms. The first-order chi connectivity index (χ1) is 12.8. The standard InChI is InChI=1S/C17H15ClF2N6O/c1-8(22-9(2)27)16-14(20)4-10(7-21-16)12-5-11(18)6-13(19)15(12)17-23-25-26(3)24-17/h4-8H,1-3H3,(H,22,27)/t8-/m1/s1. The van der Waals surface area contributed by atoms with E-state index in [0.29, 0.717) is 0 Å². The number of halogens is 3. The molecule has 3 rings (SSSR count). The zero-order valence-corrected chi connectivity index (χ0v) is 15.4. The normalized spacial score (nSPS) is 12.1. The minimum absolute atomic E-state index is 0.0383.